The third kappa shape index (κ3) is 1.14. The molecule has 0 aliphatic heterocycles. The average molecular weight is 179 g/mol. The van der Waals surface area contributed by atoms with Gasteiger partial charge in [0.05, 0.1) is 11.1 Å². The summed E-state index contributed by atoms with van der Waals surface area (Å²) in [7, 11) is 0. The van der Waals surface area contributed by atoms with Crippen LogP contribution >= 0.6 is 0 Å². The highest BCUT2D eigenvalue weighted by atomic mass is 19.1. The number of amides is 1. The summed E-state index contributed by atoms with van der Waals surface area (Å²) in [5.74, 6) is -0.614. The van der Waals surface area contributed by atoms with Crippen LogP contribution in [0.2, 0.25) is 0 Å². The van der Waals surface area contributed by atoms with Crippen LogP contribution in [0.3, 0.4) is 0 Å². The Morgan fingerprint density at radius 3 is 3.00 bits per heavy atom. The van der Waals surface area contributed by atoms with Crippen LogP contribution in [0.25, 0.3) is 11.0 Å². The predicted molar refractivity (Wildman–Crippen MR) is 44.6 cm³/mol. The standard InChI is InChI=1S/C8H6FN3O/c9-8-11-5-3-1-2-4(7(10)13)6(5)12-8/h1-3H,(H2,10,13)(H,11,12). The number of aromatic nitrogens is 2. The van der Waals surface area contributed by atoms with Crippen molar-refractivity contribution in [2.75, 3.05) is 0 Å². The molecule has 0 unspecified atom stereocenters. The second-order valence-corrected chi connectivity index (χ2v) is 2.59. The van der Waals surface area contributed by atoms with Crippen molar-refractivity contribution in [1.82, 2.24) is 9.97 Å². The van der Waals surface area contributed by atoms with E-state index in [1.165, 1.54) is 6.07 Å². The van der Waals surface area contributed by atoms with E-state index in [0.29, 0.717) is 5.52 Å². The average Bonchev–Trinajstić information content (AvgIpc) is 2.43. The molecule has 2 aromatic rings. The monoisotopic (exact) mass is 179 g/mol. The summed E-state index contributed by atoms with van der Waals surface area (Å²) < 4.78 is 12.6. The first-order valence-electron chi connectivity index (χ1n) is 3.62. The number of benzene rings is 1. The minimum absolute atomic E-state index is 0.220. The van der Waals surface area contributed by atoms with Gasteiger partial charge in [-0.25, -0.2) is 4.98 Å². The fourth-order valence-corrected chi connectivity index (χ4v) is 1.20. The first-order chi connectivity index (χ1) is 6.18. The lowest BCUT2D eigenvalue weighted by Gasteiger charge is -1.94. The third-order valence-corrected chi connectivity index (χ3v) is 1.75. The van der Waals surface area contributed by atoms with E-state index in [9.17, 15) is 9.18 Å². The molecule has 1 aromatic carbocycles. The first-order valence-corrected chi connectivity index (χ1v) is 3.62. The third-order valence-electron chi connectivity index (χ3n) is 1.75. The number of para-hydroxylation sites is 1. The fourth-order valence-electron chi connectivity index (χ4n) is 1.20. The Morgan fingerprint density at radius 1 is 1.54 bits per heavy atom. The second-order valence-electron chi connectivity index (χ2n) is 2.59. The van der Waals surface area contributed by atoms with Crippen LogP contribution in [-0.4, -0.2) is 15.9 Å². The lowest BCUT2D eigenvalue weighted by Crippen LogP contribution is -2.11. The maximum atomic E-state index is 12.6. The number of halogens is 1. The summed E-state index contributed by atoms with van der Waals surface area (Å²) in [6.45, 7) is 0. The van der Waals surface area contributed by atoms with Gasteiger partial charge < -0.3 is 10.7 Å². The molecule has 0 aliphatic carbocycles. The summed E-state index contributed by atoms with van der Waals surface area (Å²) in [5.41, 5.74) is 6.03. The van der Waals surface area contributed by atoms with Crippen molar-refractivity contribution in [2.45, 2.75) is 0 Å². The number of H-pyrrole nitrogens is 1. The van der Waals surface area contributed by atoms with Gasteiger partial charge >= 0.3 is 0 Å². The van der Waals surface area contributed by atoms with Crippen LogP contribution in [0.4, 0.5) is 4.39 Å². The first kappa shape index (κ1) is 7.72. The molecule has 0 fully saturated rings. The Kier molecular flexibility index (Phi) is 1.51. The fraction of sp³-hybridized carbons (Fsp3) is 0. The smallest absolute Gasteiger partial charge is 0.287 e. The molecule has 0 aliphatic rings. The van der Waals surface area contributed by atoms with Crippen LogP contribution in [0.15, 0.2) is 18.2 Å². The van der Waals surface area contributed by atoms with E-state index in [1.807, 2.05) is 0 Å². The van der Waals surface area contributed by atoms with Gasteiger partial charge in [0.25, 0.3) is 12.0 Å². The summed E-state index contributed by atoms with van der Waals surface area (Å²) in [6, 6.07) is 4.74. The highest BCUT2D eigenvalue weighted by Gasteiger charge is 2.09. The number of imidazole rings is 1. The van der Waals surface area contributed by atoms with Crippen molar-refractivity contribution < 1.29 is 9.18 Å². The zero-order valence-electron chi connectivity index (χ0n) is 6.54. The molecular weight excluding hydrogens is 173 g/mol. The molecule has 5 heteroatoms. The van der Waals surface area contributed by atoms with Gasteiger partial charge in [-0.2, -0.15) is 4.39 Å². The highest BCUT2D eigenvalue weighted by molar-refractivity contribution is 6.03. The van der Waals surface area contributed by atoms with E-state index in [0.717, 1.165) is 0 Å². The SMILES string of the molecule is NC(=O)c1cccc2[nH]c(F)nc12. The molecule has 2 rings (SSSR count). The zero-order valence-corrected chi connectivity index (χ0v) is 6.54. The van der Waals surface area contributed by atoms with Crippen LogP contribution in [0, 0.1) is 6.08 Å². The highest BCUT2D eigenvalue weighted by Crippen LogP contribution is 2.15. The van der Waals surface area contributed by atoms with Gasteiger partial charge in [0.2, 0.25) is 0 Å². The maximum Gasteiger partial charge on any atom is 0.287 e. The predicted octanol–water partition coefficient (Wildman–Crippen LogP) is 0.801. The summed E-state index contributed by atoms with van der Waals surface area (Å²) in [5, 5.41) is 0. The molecule has 1 amide bonds. The molecule has 1 heterocycles. The van der Waals surface area contributed by atoms with Crippen molar-refractivity contribution >= 4 is 16.9 Å². The number of nitrogens with two attached hydrogens (primary N) is 1. The van der Waals surface area contributed by atoms with Crippen molar-refractivity contribution in [3.05, 3.63) is 29.8 Å². The molecule has 1 aromatic heterocycles. The number of fused-ring (bicyclic) bond motifs is 1. The van der Waals surface area contributed by atoms with E-state index in [4.69, 9.17) is 5.73 Å². The number of carbonyl (C=O) groups is 1. The van der Waals surface area contributed by atoms with E-state index >= 15 is 0 Å². The normalized spacial score (nSPS) is 10.5. The quantitative estimate of drug-likeness (QED) is 0.679. The number of hydrogen-bond donors (Lipinski definition) is 2. The number of nitrogens with zero attached hydrogens (tertiary/aromatic N) is 1. The Bertz CT molecular complexity index is 477. The Morgan fingerprint density at radius 2 is 2.31 bits per heavy atom. The van der Waals surface area contributed by atoms with E-state index < -0.39 is 12.0 Å². The number of aromatic amines is 1. The maximum absolute atomic E-state index is 12.6. The number of primary amides is 1. The van der Waals surface area contributed by atoms with Crippen LogP contribution in [-0.2, 0) is 0 Å². The zero-order chi connectivity index (χ0) is 9.42. The van der Waals surface area contributed by atoms with Crippen molar-refractivity contribution in [1.29, 1.82) is 0 Å². The number of carbonyl (C=O) groups excluding carboxylic acids is 1. The summed E-state index contributed by atoms with van der Waals surface area (Å²) >= 11 is 0. The summed E-state index contributed by atoms with van der Waals surface area (Å²) in [4.78, 5) is 16.7. The Labute approximate surface area is 72.6 Å². The number of rotatable bonds is 1. The molecule has 66 valence electrons. The van der Waals surface area contributed by atoms with Gasteiger partial charge in [0.15, 0.2) is 0 Å². The molecule has 4 nitrogen and oxygen atoms in total. The van der Waals surface area contributed by atoms with Crippen LogP contribution in [0.5, 0.6) is 0 Å². The van der Waals surface area contributed by atoms with E-state index in [-0.39, 0.29) is 11.1 Å². The molecule has 13 heavy (non-hydrogen) atoms. The molecule has 0 radical (unpaired) electrons. The minimum atomic E-state index is -0.719. The van der Waals surface area contributed by atoms with E-state index in [1.54, 1.807) is 12.1 Å². The largest absolute Gasteiger partial charge is 0.366 e. The Balaban J connectivity index is 2.82. The number of nitrogens with one attached hydrogen (secondary N) is 1. The molecule has 0 atom stereocenters. The van der Waals surface area contributed by atoms with Gasteiger partial charge in [-0.1, -0.05) is 6.07 Å². The van der Waals surface area contributed by atoms with Crippen molar-refractivity contribution in [3.63, 3.8) is 0 Å². The van der Waals surface area contributed by atoms with Crippen molar-refractivity contribution in [2.24, 2.45) is 5.73 Å². The lowest BCUT2D eigenvalue weighted by molar-refractivity contribution is 0.100. The summed E-state index contributed by atoms with van der Waals surface area (Å²) in [6.07, 6.45) is -0.719. The van der Waals surface area contributed by atoms with Gasteiger partial charge in [-0.15, -0.1) is 0 Å². The molecule has 0 saturated heterocycles. The molecule has 0 bridgehead atoms. The van der Waals surface area contributed by atoms with Crippen LogP contribution in [0.1, 0.15) is 10.4 Å². The lowest BCUT2D eigenvalue weighted by atomic mass is 10.2. The minimum Gasteiger partial charge on any atom is -0.366 e. The van der Waals surface area contributed by atoms with Gasteiger partial charge in [-0.05, 0) is 12.1 Å². The van der Waals surface area contributed by atoms with Crippen molar-refractivity contribution in [3.8, 4) is 0 Å². The number of hydrogen-bond acceptors (Lipinski definition) is 2. The molecule has 3 N–H and O–H groups in total. The van der Waals surface area contributed by atoms with Gasteiger partial charge in [-0.3, -0.25) is 4.79 Å². The van der Waals surface area contributed by atoms with Gasteiger partial charge in [0.1, 0.15) is 5.52 Å². The Hall–Kier alpha value is -1.91. The molecular formula is C8H6FN3O. The molecule has 0 spiro atoms. The second kappa shape index (κ2) is 2.55. The van der Waals surface area contributed by atoms with E-state index in [2.05, 4.69) is 9.97 Å². The van der Waals surface area contributed by atoms with Gasteiger partial charge in [0, 0.05) is 0 Å². The topological polar surface area (TPSA) is 71.8 Å². The van der Waals surface area contributed by atoms with Crippen LogP contribution < -0.4 is 5.73 Å². The molecule has 0 saturated carbocycles.